The summed E-state index contributed by atoms with van der Waals surface area (Å²) in [4.78, 5) is 12.5. The minimum atomic E-state index is -0.358. The molecule has 0 spiro atoms. The summed E-state index contributed by atoms with van der Waals surface area (Å²) in [5, 5.41) is 4.16. The SMILES string of the molecule is COC(=O)c1ccc2ccccc2c1-c1cccc2c1oc1ccccc12. The highest BCUT2D eigenvalue weighted by Crippen LogP contribution is 2.40. The van der Waals surface area contributed by atoms with Gasteiger partial charge in [-0.05, 0) is 22.9 Å². The zero-order valence-corrected chi connectivity index (χ0v) is 14.7. The van der Waals surface area contributed by atoms with Gasteiger partial charge in [0.25, 0.3) is 0 Å². The maximum absolute atomic E-state index is 12.5. The third-order valence-electron chi connectivity index (χ3n) is 5.01. The van der Waals surface area contributed by atoms with Crippen LogP contribution in [-0.4, -0.2) is 13.1 Å². The monoisotopic (exact) mass is 352 g/mol. The van der Waals surface area contributed by atoms with Crippen molar-refractivity contribution in [3.63, 3.8) is 0 Å². The molecule has 130 valence electrons. The Morgan fingerprint density at radius 3 is 2.37 bits per heavy atom. The molecule has 0 radical (unpaired) electrons. The van der Waals surface area contributed by atoms with Crippen LogP contribution in [0.5, 0.6) is 0 Å². The second kappa shape index (κ2) is 5.99. The van der Waals surface area contributed by atoms with Gasteiger partial charge in [0.15, 0.2) is 0 Å². The van der Waals surface area contributed by atoms with E-state index in [-0.39, 0.29) is 5.97 Å². The van der Waals surface area contributed by atoms with Gasteiger partial charge in [0.2, 0.25) is 0 Å². The number of rotatable bonds is 2. The van der Waals surface area contributed by atoms with Crippen molar-refractivity contribution in [1.82, 2.24) is 0 Å². The van der Waals surface area contributed by atoms with Crippen LogP contribution in [0.1, 0.15) is 10.4 Å². The van der Waals surface area contributed by atoms with Crippen LogP contribution < -0.4 is 0 Å². The number of hydrogen-bond donors (Lipinski definition) is 0. The first-order chi connectivity index (χ1) is 13.3. The molecule has 0 saturated carbocycles. The molecule has 3 nitrogen and oxygen atoms in total. The molecule has 0 bridgehead atoms. The fraction of sp³-hybridized carbons (Fsp3) is 0.0417. The van der Waals surface area contributed by atoms with Gasteiger partial charge in [-0.3, -0.25) is 0 Å². The lowest BCUT2D eigenvalue weighted by atomic mass is 9.92. The molecule has 1 aromatic heterocycles. The molecule has 0 atom stereocenters. The second-order valence-corrected chi connectivity index (χ2v) is 6.48. The van der Waals surface area contributed by atoms with Crippen molar-refractivity contribution in [3.05, 3.63) is 84.4 Å². The van der Waals surface area contributed by atoms with Crippen LogP contribution in [0.3, 0.4) is 0 Å². The van der Waals surface area contributed by atoms with Crippen LogP contribution >= 0.6 is 0 Å². The predicted octanol–water partition coefficient (Wildman–Crippen LogP) is 6.19. The summed E-state index contributed by atoms with van der Waals surface area (Å²) in [6, 6.07) is 25.8. The van der Waals surface area contributed by atoms with Crippen molar-refractivity contribution >= 4 is 38.7 Å². The summed E-state index contributed by atoms with van der Waals surface area (Å²) in [6.45, 7) is 0. The summed E-state index contributed by atoms with van der Waals surface area (Å²) >= 11 is 0. The lowest BCUT2D eigenvalue weighted by molar-refractivity contribution is 0.0602. The average Bonchev–Trinajstić information content (AvgIpc) is 3.11. The number of esters is 1. The average molecular weight is 352 g/mol. The number of fused-ring (bicyclic) bond motifs is 4. The van der Waals surface area contributed by atoms with E-state index in [4.69, 9.17) is 9.15 Å². The second-order valence-electron chi connectivity index (χ2n) is 6.48. The van der Waals surface area contributed by atoms with Gasteiger partial charge in [-0.2, -0.15) is 0 Å². The van der Waals surface area contributed by atoms with E-state index < -0.39 is 0 Å². The molecule has 5 rings (SSSR count). The molecule has 0 aliphatic carbocycles. The lowest BCUT2D eigenvalue weighted by Gasteiger charge is -2.12. The molecule has 0 saturated heterocycles. The predicted molar refractivity (Wildman–Crippen MR) is 108 cm³/mol. The Bertz CT molecular complexity index is 1330. The van der Waals surface area contributed by atoms with Crippen molar-refractivity contribution in [2.45, 2.75) is 0 Å². The third-order valence-corrected chi connectivity index (χ3v) is 5.01. The first-order valence-electron chi connectivity index (χ1n) is 8.78. The van der Waals surface area contributed by atoms with Crippen LogP contribution in [0.15, 0.2) is 83.3 Å². The van der Waals surface area contributed by atoms with Gasteiger partial charge in [-0.15, -0.1) is 0 Å². The van der Waals surface area contributed by atoms with Gasteiger partial charge in [0.1, 0.15) is 11.2 Å². The van der Waals surface area contributed by atoms with E-state index in [1.807, 2.05) is 72.8 Å². The molecule has 0 amide bonds. The van der Waals surface area contributed by atoms with E-state index in [0.717, 1.165) is 43.8 Å². The summed E-state index contributed by atoms with van der Waals surface area (Å²) in [7, 11) is 1.41. The quantitative estimate of drug-likeness (QED) is 0.355. The smallest absolute Gasteiger partial charge is 0.338 e. The Labute approximate surface area is 155 Å². The highest BCUT2D eigenvalue weighted by Gasteiger charge is 2.20. The zero-order valence-electron chi connectivity index (χ0n) is 14.7. The highest BCUT2D eigenvalue weighted by molar-refractivity contribution is 6.15. The van der Waals surface area contributed by atoms with E-state index in [2.05, 4.69) is 6.07 Å². The van der Waals surface area contributed by atoms with Crippen molar-refractivity contribution < 1.29 is 13.9 Å². The highest BCUT2D eigenvalue weighted by atomic mass is 16.5. The van der Waals surface area contributed by atoms with Gasteiger partial charge in [-0.1, -0.05) is 66.7 Å². The number of carbonyl (C=O) groups excluding carboxylic acids is 1. The molecule has 0 fully saturated rings. The Morgan fingerprint density at radius 1 is 0.778 bits per heavy atom. The Hall–Kier alpha value is -3.59. The van der Waals surface area contributed by atoms with Gasteiger partial charge >= 0.3 is 5.97 Å². The molecule has 5 aromatic rings. The minimum Gasteiger partial charge on any atom is -0.465 e. The third kappa shape index (κ3) is 2.32. The number of carbonyl (C=O) groups is 1. The van der Waals surface area contributed by atoms with E-state index >= 15 is 0 Å². The van der Waals surface area contributed by atoms with Crippen LogP contribution in [-0.2, 0) is 4.74 Å². The minimum absolute atomic E-state index is 0.358. The number of benzene rings is 4. The summed E-state index contributed by atoms with van der Waals surface area (Å²) in [6.07, 6.45) is 0. The van der Waals surface area contributed by atoms with Crippen LogP contribution in [0.25, 0.3) is 43.8 Å². The lowest BCUT2D eigenvalue weighted by Crippen LogP contribution is -2.04. The molecule has 0 aliphatic rings. The number of methoxy groups -OCH3 is 1. The molecular weight excluding hydrogens is 336 g/mol. The maximum Gasteiger partial charge on any atom is 0.338 e. The van der Waals surface area contributed by atoms with Crippen LogP contribution in [0, 0.1) is 0 Å². The molecule has 3 heteroatoms. The fourth-order valence-electron chi connectivity index (χ4n) is 3.79. The summed E-state index contributed by atoms with van der Waals surface area (Å²) in [5.74, 6) is -0.358. The zero-order chi connectivity index (χ0) is 18.4. The van der Waals surface area contributed by atoms with Crippen molar-refractivity contribution in [2.24, 2.45) is 0 Å². The Balaban J connectivity index is 1.95. The van der Waals surface area contributed by atoms with Gasteiger partial charge in [-0.25, -0.2) is 4.79 Å². The van der Waals surface area contributed by atoms with Gasteiger partial charge in [0.05, 0.1) is 12.7 Å². The molecular formula is C24H16O3. The van der Waals surface area contributed by atoms with Crippen molar-refractivity contribution in [2.75, 3.05) is 7.11 Å². The van der Waals surface area contributed by atoms with E-state index in [1.54, 1.807) is 0 Å². The number of furan rings is 1. The Kier molecular flexibility index (Phi) is 3.47. The molecule has 0 unspecified atom stereocenters. The van der Waals surface area contributed by atoms with Crippen molar-refractivity contribution in [1.29, 1.82) is 0 Å². The summed E-state index contributed by atoms with van der Waals surface area (Å²) < 4.78 is 11.3. The van der Waals surface area contributed by atoms with Gasteiger partial charge in [0, 0.05) is 21.9 Å². The maximum atomic E-state index is 12.5. The molecule has 0 N–H and O–H groups in total. The molecule has 4 aromatic carbocycles. The standard InChI is InChI=1S/C24H16O3/c1-26-24(25)20-14-13-15-7-2-3-8-16(15)22(20)19-11-6-10-18-17-9-4-5-12-21(17)27-23(18)19/h2-14H,1H3. The van der Waals surface area contributed by atoms with Crippen LogP contribution in [0.4, 0.5) is 0 Å². The summed E-state index contributed by atoms with van der Waals surface area (Å²) in [5.41, 5.74) is 3.87. The normalized spacial score (nSPS) is 11.3. The van der Waals surface area contributed by atoms with Gasteiger partial charge < -0.3 is 9.15 Å². The number of para-hydroxylation sites is 2. The first kappa shape index (κ1) is 15.6. The van der Waals surface area contributed by atoms with Crippen LogP contribution in [0.2, 0.25) is 0 Å². The van der Waals surface area contributed by atoms with E-state index in [1.165, 1.54) is 7.11 Å². The first-order valence-corrected chi connectivity index (χ1v) is 8.78. The van der Waals surface area contributed by atoms with Crippen molar-refractivity contribution in [3.8, 4) is 11.1 Å². The molecule has 27 heavy (non-hydrogen) atoms. The largest absolute Gasteiger partial charge is 0.465 e. The number of hydrogen-bond acceptors (Lipinski definition) is 3. The Morgan fingerprint density at radius 2 is 1.52 bits per heavy atom. The van der Waals surface area contributed by atoms with E-state index in [0.29, 0.717) is 5.56 Å². The molecule has 0 aliphatic heterocycles. The topological polar surface area (TPSA) is 39.4 Å². The number of ether oxygens (including phenoxy) is 1. The van der Waals surface area contributed by atoms with E-state index in [9.17, 15) is 4.79 Å². The fourth-order valence-corrected chi connectivity index (χ4v) is 3.79. The molecule has 1 heterocycles.